The van der Waals surface area contributed by atoms with E-state index in [1.165, 1.54) is 12.5 Å². The third-order valence-corrected chi connectivity index (χ3v) is 7.47. The van der Waals surface area contributed by atoms with Crippen LogP contribution in [0, 0.1) is 11.7 Å². The number of halogens is 1. The molecule has 3 N–H and O–H groups in total. The van der Waals surface area contributed by atoms with Crippen molar-refractivity contribution in [2.24, 2.45) is 5.92 Å². The van der Waals surface area contributed by atoms with Crippen LogP contribution in [0.1, 0.15) is 32.1 Å². The van der Waals surface area contributed by atoms with Gasteiger partial charge in [0.15, 0.2) is 11.5 Å². The Kier molecular flexibility index (Phi) is 5.99. The molecule has 1 saturated carbocycles. The van der Waals surface area contributed by atoms with Crippen LogP contribution >= 0.6 is 0 Å². The van der Waals surface area contributed by atoms with Crippen LogP contribution in [0.5, 0.6) is 0 Å². The summed E-state index contributed by atoms with van der Waals surface area (Å²) >= 11 is 0. The van der Waals surface area contributed by atoms with Gasteiger partial charge in [0, 0.05) is 35.0 Å². The van der Waals surface area contributed by atoms with Gasteiger partial charge in [-0.1, -0.05) is 37.5 Å². The average Bonchev–Trinajstić information content (AvgIpc) is 3.62. The summed E-state index contributed by atoms with van der Waals surface area (Å²) in [6, 6.07) is 12.2. The van der Waals surface area contributed by atoms with Crippen molar-refractivity contribution >= 4 is 33.7 Å². The summed E-state index contributed by atoms with van der Waals surface area (Å²) in [5.41, 5.74) is 6.25. The van der Waals surface area contributed by atoms with Gasteiger partial charge in [-0.3, -0.25) is 19.9 Å². The van der Waals surface area contributed by atoms with Gasteiger partial charge >= 0.3 is 0 Å². The topological polar surface area (TPSA) is 125 Å². The number of aromatic nitrogens is 7. The van der Waals surface area contributed by atoms with Gasteiger partial charge in [0.2, 0.25) is 5.91 Å². The molecule has 0 bridgehead atoms. The first-order valence-corrected chi connectivity index (χ1v) is 13.3. The Morgan fingerprint density at radius 3 is 2.60 bits per heavy atom. The molecule has 5 aromatic heterocycles. The highest BCUT2D eigenvalue weighted by molar-refractivity contribution is 5.96. The van der Waals surface area contributed by atoms with E-state index in [9.17, 15) is 9.18 Å². The molecule has 1 aliphatic carbocycles. The van der Waals surface area contributed by atoms with E-state index < -0.39 is 0 Å². The molecule has 1 amide bonds. The second kappa shape index (κ2) is 9.96. The average molecular weight is 533 g/mol. The predicted molar refractivity (Wildman–Crippen MR) is 151 cm³/mol. The van der Waals surface area contributed by atoms with Gasteiger partial charge < -0.3 is 10.3 Å². The Morgan fingerprint density at radius 1 is 0.875 bits per heavy atom. The lowest BCUT2D eigenvalue weighted by atomic mass is 9.88. The van der Waals surface area contributed by atoms with Crippen molar-refractivity contribution in [3.05, 3.63) is 73.1 Å². The number of fused-ring (bicyclic) bond motifs is 2. The molecule has 10 heteroatoms. The maximum absolute atomic E-state index is 14.6. The minimum atomic E-state index is -0.344. The van der Waals surface area contributed by atoms with Gasteiger partial charge in [0.05, 0.1) is 34.8 Å². The number of nitrogens with one attached hydrogen (secondary N) is 3. The number of carbonyl (C=O) groups excluding carboxylic acids is 1. The lowest BCUT2D eigenvalue weighted by Crippen LogP contribution is -2.24. The van der Waals surface area contributed by atoms with Gasteiger partial charge in [-0.2, -0.15) is 5.10 Å². The summed E-state index contributed by atoms with van der Waals surface area (Å²) in [6.07, 6.45) is 11.9. The van der Waals surface area contributed by atoms with Crippen molar-refractivity contribution in [3.63, 3.8) is 0 Å². The van der Waals surface area contributed by atoms with Crippen LogP contribution in [-0.2, 0) is 4.79 Å². The van der Waals surface area contributed by atoms with Crippen LogP contribution < -0.4 is 5.32 Å². The highest BCUT2D eigenvalue weighted by atomic mass is 19.1. The summed E-state index contributed by atoms with van der Waals surface area (Å²) in [5.74, 6) is 0.248. The van der Waals surface area contributed by atoms with Gasteiger partial charge in [0.25, 0.3) is 0 Å². The third kappa shape index (κ3) is 4.37. The van der Waals surface area contributed by atoms with Crippen molar-refractivity contribution in [2.45, 2.75) is 32.1 Å². The van der Waals surface area contributed by atoms with Crippen molar-refractivity contribution < 1.29 is 9.18 Å². The SMILES string of the molecule is O=C(Nc1cncc(-c2ccc3[nH]nc(-c4nc5c(-c6ccccc6F)cncc5[nH]4)c3n2)c1)C1CCCCC1. The molecule has 0 radical (unpaired) electrons. The quantitative estimate of drug-likeness (QED) is 0.240. The van der Waals surface area contributed by atoms with Crippen LogP contribution in [0.2, 0.25) is 0 Å². The Hall–Kier alpha value is -4.99. The molecule has 0 saturated heterocycles. The first-order chi connectivity index (χ1) is 19.6. The zero-order valence-electron chi connectivity index (χ0n) is 21.5. The van der Waals surface area contributed by atoms with Crippen molar-refractivity contribution in [1.29, 1.82) is 0 Å². The molecule has 1 aliphatic rings. The third-order valence-electron chi connectivity index (χ3n) is 7.47. The molecule has 0 atom stereocenters. The number of nitrogens with zero attached hydrogens (tertiary/aromatic N) is 5. The Balaban J connectivity index is 1.23. The summed E-state index contributed by atoms with van der Waals surface area (Å²) in [6.45, 7) is 0. The number of hydrogen-bond donors (Lipinski definition) is 3. The molecule has 5 heterocycles. The molecule has 0 aliphatic heterocycles. The highest BCUT2D eigenvalue weighted by Crippen LogP contribution is 2.32. The van der Waals surface area contributed by atoms with Crippen molar-refractivity contribution in [2.75, 3.05) is 5.32 Å². The molecule has 0 unspecified atom stereocenters. The van der Waals surface area contributed by atoms with Crippen molar-refractivity contribution in [1.82, 2.24) is 35.1 Å². The van der Waals surface area contributed by atoms with Gasteiger partial charge in [0.1, 0.15) is 16.9 Å². The minimum Gasteiger partial charge on any atom is -0.335 e. The number of aromatic amines is 2. The molecular weight excluding hydrogens is 507 g/mol. The van der Waals surface area contributed by atoms with E-state index in [2.05, 4.69) is 30.5 Å². The molecular formula is C30H25FN8O. The Bertz CT molecular complexity index is 1870. The number of imidazole rings is 1. The van der Waals surface area contributed by atoms with Crippen LogP contribution in [0.3, 0.4) is 0 Å². The van der Waals surface area contributed by atoms with E-state index in [-0.39, 0.29) is 17.6 Å². The molecule has 40 heavy (non-hydrogen) atoms. The number of amides is 1. The first-order valence-electron chi connectivity index (χ1n) is 13.3. The maximum atomic E-state index is 14.6. The Labute approximate surface area is 228 Å². The molecule has 6 aromatic rings. The van der Waals surface area contributed by atoms with Crippen LogP contribution in [0.15, 0.2) is 67.3 Å². The van der Waals surface area contributed by atoms with Gasteiger partial charge in [-0.05, 0) is 37.1 Å². The van der Waals surface area contributed by atoms with Crippen LogP contribution in [0.4, 0.5) is 10.1 Å². The second-order valence-electron chi connectivity index (χ2n) is 10.1. The number of pyridine rings is 3. The van der Waals surface area contributed by atoms with E-state index in [1.807, 2.05) is 18.2 Å². The first kappa shape index (κ1) is 24.1. The minimum absolute atomic E-state index is 0.0494. The smallest absolute Gasteiger partial charge is 0.227 e. The lowest BCUT2D eigenvalue weighted by Gasteiger charge is -2.20. The fraction of sp³-hybridized carbons (Fsp3) is 0.200. The number of benzene rings is 1. The molecule has 7 rings (SSSR count). The zero-order chi connectivity index (χ0) is 27.1. The van der Waals surface area contributed by atoms with Gasteiger partial charge in [-0.25, -0.2) is 14.4 Å². The monoisotopic (exact) mass is 532 g/mol. The summed E-state index contributed by atoms with van der Waals surface area (Å²) in [4.78, 5) is 34.3. The Morgan fingerprint density at radius 2 is 1.73 bits per heavy atom. The molecule has 198 valence electrons. The fourth-order valence-corrected chi connectivity index (χ4v) is 5.40. The van der Waals surface area contributed by atoms with Crippen molar-refractivity contribution in [3.8, 4) is 33.9 Å². The van der Waals surface area contributed by atoms with E-state index in [0.29, 0.717) is 50.6 Å². The predicted octanol–water partition coefficient (Wildman–Crippen LogP) is 6.28. The van der Waals surface area contributed by atoms with E-state index in [1.54, 1.807) is 43.0 Å². The highest BCUT2D eigenvalue weighted by Gasteiger charge is 2.22. The molecule has 1 aromatic carbocycles. The zero-order valence-corrected chi connectivity index (χ0v) is 21.5. The molecule has 0 spiro atoms. The molecule has 9 nitrogen and oxygen atoms in total. The standard InChI is InChI=1S/C30H25FN8O/c31-22-9-5-4-8-20(22)21-15-33-16-25-26(21)37-29(36-25)28-27-24(38-39-28)11-10-23(35-27)18-12-19(14-32-13-18)34-30(40)17-6-2-1-3-7-17/h4-5,8-17H,1-3,6-7H2,(H,34,40)(H,36,37)(H,38,39). The lowest BCUT2D eigenvalue weighted by molar-refractivity contribution is -0.120. The number of anilines is 1. The normalized spacial score (nSPS) is 14.1. The summed E-state index contributed by atoms with van der Waals surface area (Å²) < 4.78 is 14.6. The van der Waals surface area contributed by atoms with E-state index >= 15 is 0 Å². The number of H-pyrrole nitrogens is 2. The number of rotatable bonds is 5. The maximum Gasteiger partial charge on any atom is 0.227 e. The molecule has 1 fully saturated rings. The summed E-state index contributed by atoms with van der Waals surface area (Å²) in [5, 5.41) is 10.5. The second-order valence-corrected chi connectivity index (χ2v) is 10.1. The fourth-order valence-electron chi connectivity index (χ4n) is 5.40. The van der Waals surface area contributed by atoms with E-state index in [4.69, 9.17) is 9.97 Å². The summed E-state index contributed by atoms with van der Waals surface area (Å²) in [7, 11) is 0. The largest absolute Gasteiger partial charge is 0.335 e. The number of carbonyl (C=O) groups is 1. The number of hydrogen-bond acceptors (Lipinski definition) is 6. The van der Waals surface area contributed by atoms with Crippen LogP contribution in [0.25, 0.3) is 56.0 Å². The van der Waals surface area contributed by atoms with Crippen LogP contribution in [-0.4, -0.2) is 41.0 Å². The van der Waals surface area contributed by atoms with E-state index in [0.717, 1.165) is 36.8 Å². The van der Waals surface area contributed by atoms with Gasteiger partial charge in [-0.15, -0.1) is 0 Å².